The molecule has 0 unspecified atom stereocenters. The molecule has 2 nitrogen and oxygen atoms in total. The molecule has 0 spiro atoms. The van der Waals surface area contributed by atoms with Crippen LogP contribution in [0.4, 0.5) is 0 Å². The van der Waals surface area contributed by atoms with Crippen LogP contribution >= 0.6 is 12.4 Å². The summed E-state index contributed by atoms with van der Waals surface area (Å²) in [6, 6.07) is 0. The first-order valence-corrected chi connectivity index (χ1v) is 2.64. The van der Waals surface area contributed by atoms with Gasteiger partial charge in [0.2, 0.25) is 0 Å². The second-order valence-electron chi connectivity index (χ2n) is 2.36. The topological polar surface area (TPSA) is 46.2 Å². The van der Waals surface area contributed by atoms with Gasteiger partial charge < -0.3 is 10.8 Å². The third kappa shape index (κ3) is 1.34. The number of aliphatic hydroxyl groups excluding tert-OH is 1. The van der Waals surface area contributed by atoms with Crippen LogP contribution in [0.2, 0.25) is 0 Å². The zero-order chi connectivity index (χ0) is 5.33. The Kier molecular flexibility index (Phi) is 2.74. The van der Waals surface area contributed by atoms with E-state index in [0.717, 1.165) is 12.8 Å². The van der Waals surface area contributed by atoms with Crippen molar-refractivity contribution >= 4 is 12.4 Å². The van der Waals surface area contributed by atoms with Crippen LogP contribution in [-0.4, -0.2) is 18.3 Å². The number of hydrogen-bond acceptors (Lipinski definition) is 2. The maximum Gasteiger partial charge on any atom is 0.0499 e. The smallest absolute Gasteiger partial charge is 0.0499 e. The molecule has 0 aromatic carbocycles. The maximum absolute atomic E-state index is 8.58. The minimum Gasteiger partial charge on any atom is -0.396 e. The van der Waals surface area contributed by atoms with E-state index in [9.17, 15) is 0 Å². The summed E-state index contributed by atoms with van der Waals surface area (Å²) >= 11 is 0. The molecule has 3 N–H and O–H groups in total. The van der Waals surface area contributed by atoms with Crippen LogP contribution in [-0.2, 0) is 0 Å². The molecule has 0 amide bonds. The molecular formula is C5H12ClNO. The normalized spacial score (nSPS) is 21.8. The van der Waals surface area contributed by atoms with Gasteiger partial charge in [-0.1, -0.05) is 0 Å². The van der Waals surface area contributed by atoms with Crippen molar-refractivity contribution in [3.05, 3.63) is 0 Å². The Balaban J connectivity index is 0.000000490. The Morgan fingerprint density at radius 2 is 2.00 bits per heavy atom. The van der Waals surface area contributed by atoms with Gasteiger partial charge >= 0.3 is 0 Å². The van der Waals surface area contributed by atoms with Gasteiger partial charge in [0.15, 0.2) is 0 Å². The molecule has 8 heavy (non-hydrogen) atoms. The predicted molar refractivity (Wildman–Crippen MR) is 35.1 cm³/mol. The predicted octanol–water partition coefficient (Wildman–Crippen LogP) is 0.139. The van der Waals surface area contributed by atoms with Crippen LogP contribution in [0, 0.1) is 5.41 Å². The van der Waals surface area contributed by atoms with Crippen LogP contribution in [0.25, 0.3) is 0 Å². The first kappa shape index (κ1) is 8.21. The van der Waals surface area contributed by atoms with Crippen molar-refractivity contribution in [2.45, 2.75) is 12.8 Å². The highest BCUT2D eigenvalue weighted by atomic mass is 35.5. The number of nitrogens with two attached hydrogens (primary N) is 1. The molecule has 0 heterocycles. The monoisotopic (exact) mass is 137 g/mol. The largest absolute Gasteiger partial charge is 0.396 e. The summed E-state index contributed by atoms with van der Waals surface area (Å²) in [5.74, 6) is 0. The molecule has 50 valence electrons. The van der Waals surface area contributed by atoms with Gasteiger partial charge in [0.1, 0.15) is 0 Å². The molecule has 3 heteroatoms. The lowest BCUT2D eigenvalue weighted by atomic mass is 10.1. The summed E-state index contributed by atoms with van der Waals surface area (Å²) in [4.78, 5) is 0. The fourth-order valence-electron chi connectivity index (χ4n) is 0.604. The lowest BCUT2D eigenvalue weighted by molar-refractivity contribution is 0.216. The van der Waals surface area contributed by atoms with Gasteiger partial charge in [0.05, 0.1) is 0 Å². The highest BCUT2D eigenvalue weighted by Crippen LogP contribution is 2.43. The van der Waals surface area contributed by atoms with Crippen LogP contribution in [0.5, 0.6) is 0 Å². The molecule has 1 aliphatic rings. The first-order valence-electron chi connectivity index (χ1n) is 2.64. The first-order chi connectivity index (χ1) is 3.33. The van der Waals surface area contributed by atoms with Crippen LogP contribution < -0.4 is 5.73 Å². The van der Waals surface area contributed by atoms with Gasteiger partial charge in [0, 0.05) is 18.6 Å². The van der Waals surface area contributed by atoms with Crippen molar-refractivity contribution in [3.63, 3.8) is 0 Å². The molecule has 0 aromatic rings. The van der Waals surface area contributed by atoms with Crippen molar-refractivity contribution in [2.24, 2.45) is 11.1 Å². The SMILES string of the molecule is Cl.NCC1(CO)CC1. The van der Waals surface area contributed by atoms with Crippen molar-refractivity contribution < 1.29 is 5.11 Å². The summed E-state index contributed by atoms with van der Waals surface area (Å²) in [6.07, 6.45) is 2.25. The van der Waals surface area contributed by atoms with E-state index in [1.54, 1.807) is 0 Å². The van der Waals surface area contributed by atoms with Crippen LogP contribution in [0.15, 0.2) is 0 Å². The maximum atomic E-state index is 8.58. The minimum atomic E-state index is 0. The second kappa shape index (κ2) is 2.67. The van der Waals surface area contributed by atoms with E-state index in [1.807, 2.05) is 0 Å². The Bertz CT molecular complexity index is 66.8. The van der Waals surface area contributed by atoms with Gasteiger partial charge in [-0.05, 0) is 12.8 Å². The fourth-order valence-corrected chi connectivity index (χ4v) is 0.604. The molecule has 0 aromatic heterocycles. The lowest BCUT2D eigenvalue weighted by Gasteiger charge is -2.03. The van der Waals surface area contributed by atoms with Gasteiger partial charge in [-0.3, -0.25) is 0 Å². The fraction of sp³-hybridized carbons (Fsp3) is 1.00. The van der Waals surface area contributed by atoms with Crippen LogP contribution in [0.1, 0.15) is 12.8 Å². The van der Waals surface area contributed by atoms with E-state index in [-0.39, 0.29) is 24.4 Å². The summed E-state index contributed by atoms with van der Waals surface area (Å²) in [5.41, 5.74) is 5.49. The average molecular weight is 138 g/mol. The molecule has 1 fully saturated rings. The Hall–Kier alpha value is 0.210. The molecule has 0 radical (unpaired) electrons. The van der Waals surface area contributed by atoms with E-state index >= 15 is 0 Å². The van der Waals surface area contributed by atoms with Gasteiger partial charge in [0.25, 0.3) is 0 Å². The molecule has 0 atom stereocenters. The standard InChI is InChI=1S/C5H11NO.ClH/c6-3-5(4-7)1-2-5;/h7H,1-4,6H2;1H. The lowest BCUT2D eigenvalue weighted by Crippen LogP contribution is -2.18. The molecule has 0 saturated heterocycles. The van der Waals surface area contributed by atoms with E-state index in [1.165, 1.54) is 0 Å². The van der Waals surface area contributed by atoms with Crippen molar-refractivity contribution in [2.75, 3.05) is 13.2 Å². The Morgan fingerprint density at radius 1 is 1.50 bits per heavy atom. The molecule has 0 aliphatic heterocycles. The third-order valence-electron chi connectivity index (χ3n) is 1.73. The molecule has 1 saturated carbocycles. The summed E-state index contributed by atoms with van der Waals surface area (Å²) in [5, 5.41) is 8.58. The number of halogens is 1. The average Bonchev–Trinajstić information content (AvgIpc) is 2.46. The molecule has 1 rings (SSSR count). The van der Waals surface area contributed by atoms with Crippen LogP contribution in [0.3, 0.4) is 0 Å². The van der Waals surface area contributed by atoms with Gasteiger partial charge in [-0.15, -0.1) is 12.4 Å². The number of hydrogen-bond donors (Lipinski definition) is 2. The summed E-state index contributed by atoms with van der Waals surface area (Å²) in [6.45, 7) is 0.938. The van der Waals surface area contributed by atoms with E-state index in [0.29, 0.717) is 6.54 Å². The third-order valence-corrected chi connectivity index (χ3v) is 1.73. The van der Waals surface area contributed by atoms with E-state index < -0.39 is 0 Å². The van der Waals surface area contributed by atoms with Crippen molar-refractivity contribution in [1.29, 1.82) is 0 Å². The minimum absolute atomic E-state index is 0. The molecular weight excluding hydrogens is 126 g/mol. The summed E-state index contributed by atoms with van der Waals surface area (Å²) < 4.78 is 0. The number of aliphatic hydroxyl groups is 1. The molecule has 0 bridgehead atoms. The Labute approximate surface area is 55.5 Å². The van der Waals surface area contributed by atoms with Crippen molar-refractivity contribution in [1.82, 2.24) is 0 Å². The zero-order valence-corrected chi connectivity index (χ0v) is 5.58. The van der Waals surface area contributed by atoms with E-state index in [4.69, 9.17) is 10.8 Å². The second-order valence-corrected chi connectivity index (χ2v) is 2.36. The Morgan fingerprint density at radius 3 is 2.00 bits per heavy atom. The molecule has 1 aliphatic carbocycles. The highest BCUT2D eigenvalue weighted by Gasteiger charge is 2.40. The highest BCUT2D eigenvalue weighted by molar-refractivity contribution is 5.85. The van der Waals surface area contributed by atoms with E-state index in [2.05, 4.69) is 0 Å². The van der Waals surface area contributed by atoms with Crippen molar-refractivity contribution in [3.8, 4) is 0 Å². The zero-order valence-electron chi connectivity index (χ0n) is 4.76. The summed E-state index contributed by atoms with van der Waals surface area (Å²) in [7, 11) is 0. The number of rotatable bonds is 2. The van der Waals surface area contributed by atoms with Gasteiger partial charge in [-0.25, -0.2) is 0 Å². The van der Waals surface area contributed by atoms with Gasteiger partial charge in [-0.2, -0.15) is 0 Å². The quantitative estimate of drug-likeness (QED) is 0.569.